The Balaban J connectivity index is 0.00000306. The van der Waals surface area contributed by atoms with Crippen LogP contribution in [0, 0.1) is 5.92 Å². The smallest absolute Gasteiger partial charge is 0.251 e. The number of nitrogens with one attached hydrogen (secondary N) is 2. The molecular formula is C28H33N3O2. The molecule has 2 atom stereocenters. The Labute approximate surface area is 196 Å². The van der Waals surface area contributed by atoms with E-state index in [9.17, 15) is 9.59 Å². The van der Waals surface area contributed by atoms with E-state index in [4.69, 9.17) is 4.99 Å². The van der Waals surface area contributed by atoms with E-state index in [1.807, 2.05) is 55.6 Å². The summed E-state index contributed by atoms with van der Waals surface area (Å²) in [5, 5.41) is 2.83. The maximum atomic E-state index is 12.1. The van der Waals surface area contributed by atoms with Crippen molar-refractivity contribution in [3.63, 3.8) is 0 Å². The number of carbonyl (C=O) groups excluding carboxylic acids is 1. The minimum Gasteiger partial charge on any atom is -0.352 e. The Hall–Kier alpha value is -3.47. The zero-order valence-corrected chi connectivity index (χ0v) is 18.8. The van der Waals surface area contributed by atoms with Crippen LogP contribution in [0.5, 0.6) is 0 Å². The van der Waals surface area contributed by atoms with Gasteiger partial charge in [-0.05, 0) is 62.6 Å². The fourth-order valence-corrected chi connectivity index (χ4v) is 5.02. The molecule has 0 spiro atoms. The highest BCUT2D eigenvalue weighted by Gasteiger charge is 2.46. The van der Waals surface area contributed by atoms with E-state index in [-0.39, 0.29) is 24.8 Å². The summed E-state index contributed by atoms with van der Waals surface area (Å²) in [5.41, 5.74) is 5.67. The number of aromatic nitrogens is 1. The maximum Gasteiger partial charge on any atom is 0.251 e. The lowest BCUT2D eigenvalue weighted by Gasteiger charge is -2.45. The van der Waals surface area contributed by atoms with Crippen LogP contribution in [-0.2, 0) is 12.0 Å². The van der Waals surface area contributed by atoms with Crippen LogP contribution < -0.4 is 10.9 Å². The summed E-state index contributed by atoms with van der Waals surface area (Å²) in [6.07, 6.45) is 11.8. The van der Waals surface area contributed by atoms with Crippen molar-refractivity contribution in [1.29, 1.82) is 0 Å². The van der Waals surface area contributed by atoms with Crippen molar-refractivity contribution < 1.29 is 4.79 Å². The van der Waals surface area contributed by atoms with Crippen LogP contribution in [0.15, 0.2) is 75.6 Å². The van der Waals surface area contributed by atoms with Gasteiger partial charge < -0.3 is 10.3 Å². The van der Waals surface area contributed by atoms with Crippen molar-refractivity contribution in [2.45, 2.75) is 46.6 Å². The highest BCUT2D eigenvalue weighted by molar-refractivity contribution is 5.94. The number of rotatable bonds is 5. The number of allylic oxidation sites excluding steroid dienone is 3. The van der Waals surface area contributed by atoms with Gasteiger partial charge in [-0.2, -0.15) is 0 Å². The lowest BCUT2D eigenvalue weighted by molar-refractivity contribution is 0.0956. The van der Waals surface area contributed by atoms with Crippen LogP contribution in [0.2, 0.25) is 0 Å². The van der Waals surface area contributed by atoms with Gasteiger partial charge in [0.1, 0.15) is 5.54 Å². The van der Waals surface area contributed by atoms with Crippen molar-refractivity contribution in [1.82, 2.24) is 10.3 Å². The molecule has 0 radical (unpaired) electrons. The molecule has 172 valence electrons. The van der Waals surface area contributed by atoms with Gasteiger partial charge >= 0.3 is 0 Å². The minimum absolute atomic E-state index is 0. The van der Waals surface area contributed by atoms with Crippen LogP contribution in [-0.4, -0.2) is 23.7 Å². The molecule has 0 aliphatic heterocycles. The molecule has 1 aromatic heterocycles. The third-order valence-electron chi connectivity index (χ3n) is 6.23. The lowest BCUT2D eigenvalue weighted by Crippen LogP contribution is -2.40. The van der Waals surface area contributed by atoms with Gasteiger partial charge in [0, 0.05) is 48.0 Å². The van der Waals surface area contributed by atoms with Gasteiger partial charge in [-0.15, -0.1) is 0 Å². The molecule has 2 bridgehead atoms. The van der Waals surface area contributed by atoms with E-state index in [2.05, 4.69) is 36.3 Å². The quantitative estimate of drug-likeness (QED) is 0.492. The predicted octanol–water partition coefficient (Wildman–Crippen LogP) is 5.21. The molecule has 2 aliphatic carbocycles. The summed E-state index contributed by atoms with van der Waals surface area (Å²) < 4.78 is 0. The standard InChI is InChI=1S/C27H29N3O2.CH4/c1-4-22-21-14-18(3)17-27(22,23-11-12-25(31)30-24(23)16-21)29-13-7-9-19-8-6-10-20(15-19)26(32)28-5-2;/h4,6-15,21H,5,16-17H2,1-3H3,(H,28,32)(H,30,31);1H4/b9-7+,22-4+,29-13?;. The Morgan fingerprint density at radius 2 is 2.12 bits per heavy atom. The van der Waals surface area contributed by atoms with Crippen LogP contribution >= 0.6 is 0 Å². The SMILES string of the molecule is C.C/C=C1\C2C=C(C)CC1(N=C/C=C/c1cccc(C(=O)NCC)c1)c1ccc(=O)[nH]c1C2. The Kier molecular flexibility index (Phi) is 7.32. The minimum atomic E-state index is -0.497. The molecule has 1 aromatic carbocycles. The molecule has 33 heavy (non-hydrogen) atoms. The van der Waals surface area contributed by atoms with Gasteiger partial charge in [-0.25, -0.2) is 0 Å². The lowest BCUT2D eigenvalue weighted by atomic mass is 9.63. The molecule has 5 heteroatoms. The molecule has 1 heterocycles. The van der Waals surface area contributed by atoms with Gasteiger partial charge in [0.15, 0.2) is 0 Å². The third kappa shape index (κ3) is 4.68. The molecule has 2 aliphatic rings. The molecule has 2 unspecified atom stereocenters. The first-order valence-corrected chi connectivity index (χ1v) is 11.1. The number of fused-ring (bicyclic) bond motifs is 4. The van der Waals surface area contributed by atoms with E-state index in [0.717, 1.165) is 29.7 Å². The summed E-state index contributed by atoms with van der Waals surface area (Å²) in [5.74, 6) is 0.172. The molecule has 2 aromatic rings. The number of carbonyl (C=O) groups is 1. The molecule has 4 rings (SSSR count). The Bertz CT molecular complexity index is 1220. The fourth-order valence-electron chi connectivity index (χ4n) is 5.02. The third-order valence-corrected chi connectivity index (χ3v) is 6.23. The van der Waals surface area contributed by atoms with Gasteiger partial charge in [-0.3, -0.25) is 14.6 Å². The molecule has 1 amide bonds. The second-order valence-corrected chi connectivity index (χ2v) is 8.44. The number of benzene rings is 1. The van der Waals surface area contributed by atoms with Crippen LogP contribution in [0.25, 0.3) is 6.08 Å². The van der Waals surface area contributed by atoms with Gasteiger partial charge in [0.25, 0.3) is 5.91 Å². The number of pyridine rings is 1. The first-order valence-electron chi connectivity index (χ1n) is 11.1. The number of hydrogen-bond acceptors (Lipinski definition) is 3. The van der Waals surface area contributed by atoms with Crippen molar-refractivity contribution in [2.75, 3.05) is 6.54 Å². The van der Waals surface area contributed by atoms with Crippen LogP contribution in [0.3, 0.4) is 0 Å². The second-order valence-electron chi connectivity index (χ2n) is 8.44. The molecular weight excluding hydrogens is 410 g/mol. The fraction of sp³-hybridized carbons (Fsp3) is 0.321. The van der Waals surface area contributed by atoms with Crippen molar-refractivity contribution in [3.05, 3.63) is 98.5 Å². The van der Waals surface area contributed by atoms with Crippen LogP contribution in [0.4, 0.5) is 0 Å². The summed E-state index contributed by atoms with van der Waals surface area (Å²) in [6.45, 7) is 6.73. The number of amides is 1. The zero-order valence-electron chi connectivity index (χ0n) is 18.8. The summed E-state index contributed by atoms with van der Waals surface area (Å²) in [4.78, 5) is 32.2. The number of H-pyrrole nitrogens is 1. The molecule has 0 saturated carbocycles. The Morgan fingerprint density at radius 1 is 1.30 bits per heavy atom. The molecule has 5 nitrogen and oxygen atoms in total. The number of aromatic amines is 1. The second kappa shape index (κ2) is 9.99. The number of aliphatic imine (C=N–C) groups is 1. The molecule has 0 saturated heterocycles. The van der Waals surface area contributed by atoms with E-state index < -0.39 is 5.54 Å². The van der Waals surface area contributed by atoms with E-state index >= 15 is 0 Å². The van der Waals surface area contributed by atoms with E-state index in [0.29, 0.717) is 12.1 Å². The average Bonchev–Trinajstić information content (AvgIpc) is 2.76. The molecule has 2 N–H and O–H groups in total. The first kappa shape index (κ1) is 24.2. The molecule has 0 fully saturated rings. The maximum absolute atomic E-state index is 12.1. The summed E-state index contributed by atoms with van der Waals surface area (Å²) in [7, 11) is 0. The average molecular weight is 444 g/mol. The number of nitrogens with zero attached hydrogens (tertiary/aromatic N) is 1. The highest BCUT2D eigenvalue weighted by atomic mass is 16.1. The predicted molar refractivity (Wildman–Crippen MR) is 137 cm³/mol. The monoisotopic (exact) mass is 443 g/mol. The number of hydrogen-bond donors (Lipinski definition) is 2. The van der Waals surface area contributed by atoms with Crippen molar-refractivity contribution in [2.24, 2.45) is 10.9 Å². The van der Waals surface area contributed by atoms with Crippen LogP contribution in [0.1, 0.15) is 61.8 Å². The van der Waals surface area contributed by atoms with Crippen molar-refractivity contribution >= 4 is 18.2 Å². The highest BCUT2D eigenvalue weighted by Crippen LogP contribution is 2.51. The largest absolute Gasteiger partial charge is 0.352 e. The van der Waals surface area contributed by atoms with Gasteiger partial charge in [0.05, 0.1) is 0 Å². The normalized spacial score (nSPS) is 22.7. The van der Waals surface area contributed by atoms with E-state index in [1.54, 1.807) is 6.07 Å². The zero-order chi connectivity index (χ0) is 22.7. The summed E-state index contributed by atoms with van der Waals surface area (Å²) in [6, 6.07) is 11.1. The van der Waals surface area contributed by atoms with Gasteiger partial charge in [-0.1, -0.05) is 43.4 Å². The van der Waals surface area contributed by atoms with Crippen molar-refractivity contribution in [3.8, 4) is 0 Å². The topological polar surface area (TPSA) is 74.3 Å². The Morgan fingerprint density at radius 3 is 2.88 bits per heavy atom. The summed E-state index contributed by atoms with van der Waals surface area (Å²) >= 11 is 0. The first-order chi connectivity index (χ1) is 15.5. The van der Waals surface area contributed by atoms with E-state index in [1.165, 1.54) is 11.1 Å². The van der Waals surface area contributed by atoms with Gasteiger partial charge in [0.2, 0.25) is 5.56 Å².